The van der Waals surface area contributed by atoms with E-state index in [1.165, 1.54) is 9.58 Å². The highest BCUT2D eigenvalue weighted by Crippen LogP contribution is 2.36. The second-order valence-electron chi connectivity index (χ2n) is 5.58. The first-order valence-corrected chi connectivity index (χ1v) is 8.55. The molecule has 0 spiro atoms. The van der Waals surface area contributed by atoms with Gasteiger partial charge in [0.25, 0.3) is 0 Å². The summed E-state index contributed by atoms with van der Waals surface area (Å²) in [5.41, 5.74) is 5.95. The van der Waals surface area contributed by atoms with Crippen LogP contribution in [0.2, 0.25) is 5.02 Å². The van der Waals surface area contributed by atoms with Crippen LogP contribution < -0.4 is 5.73 Å². The topological polar surface area (TPSA) is 38.5 Å². The van der Waals surface area contributed by atoms with Crippen molar-refractivity contribution in [3.8, 4) is 0 Å². The average molecular weight is 361 g/mol. The molecule has 0 aliphatic carbocycles. The summed E-state index contributed by atoms with van der Waals surface area (Å²) in [6.07, 6.45) is 2.41. The van der Waals surface area contributed by atoms with Crippen molar-refractivity contribution in [1.29, 1.82) is 0 Å². The van der Waals surface area contributed by atoms with Gasteiger partial charge in [-0.3, -0.25) is 4.90 Å². The van der Waals surface area contributed by atoms with E-state index in [0.29, 0.717) is 18.7 Å². The number of thiophene rings is 1. The molecule has 1 saturated heterocycles. The van der Waals surface area contributed by atoms with Gasteiger partial charge in [-0.2, -0.15) is 0 Å². The van der Waals surface area contributed by atoms with Crippen LogP contribution in [-0.2, 0) is 11.3 Å². The van der Waals surface area contributed by atoms with Gasteiger partial charge in [0.05, 0.1) is 11.1 Å². The van der Waals surface area contributed by atoms with Gasteiger partial charge in [0.15, 0.2) is 0 Å². The van der Waals surface area contributed by atoms with Gasteiger partial charge < -0.3 is 10.5 Å². The van der Waals surface area contributed by atoms with E-state index in [4.69, 9.17) is 22.1 Å². The number of hydrogen-bond acceptors (Lipinski definition) is 4. The molecule has 2 atom stereocenters. The highest BCUT2D eigenvalue weighted by atomic mass is 35.5. The molecule has 3 rings (SSSR count). The van der Waals surface area contributed by atoms with E-state index in [9.17, 15) is 0 Å². The highest BCUT2D eigenvalue weighted by molar-refractivity contribution is 7.19. The van der Waals surface area contributed by atoms with Crippen LogP contribution in [0.1, 0.15) is 17.7 Å². The van der Waals surface area contributed by atoms with Crippen LogP contribution in [0.15, 0.2) is 24.3 Å². The zero-order valence-electron chi connectivity index (χ0n) is 12.6. The third-order valence-electron chi connectivity index (χ3n) is 4.34. The number of rotatable bonds is 4. The Morgan fingerprint density at radius 3 is 2.86 bits per heavy atom. The molecular formula is C16H22Cl2N2OS. The van der Waals surface area contributed by atoms with E-state index in [1.807, 2.05) is 6.07 Å². The molecule has 1 aliphatic rings. The fourth-order valence-electron chi connectivity index (χ4n) is 3.08. The Balaban J connectivity index is 0.00000176. The van der Waals surface area contributed by atoms with E-state index in [2.05, 4.69) is 23.1 Å². The number of halogens is 2. The quantitative estimate of drug-likeness (QED) is 0.897. The van der Waals surface area contributed by atoms with Crippen LogP contribution in [0, 0.1) is 0 Å². The Kier molecular flexibility index (Phi) is 6.50. The molecule has 3 nitrogen and oxygen atoms in total. The van der Waals surface area contributed by atoms with Crippen molar-refractivity contribution in [2.24, 2.45) is 5.73 Å². The van der Waals surface area contributed by atoms with Gasteiger partial charge in [0, 0.05) is 47.7 Å². The van der Waals surface area contributed by atoms with Crippen molar-refractivity contribution in [2.45, 2.75) is 31.5 Å². The van der Waals surface area contributed by atoms with Crippen molar-refractivity contribution in [1.82, 2.24) is 4.90 Å². The summed E-state index contributed by atoms with van der Waals surface area (Å²) in [4.78, 5) is 3.69. The largest absolute Gasteiger partial charge is 0.381 e. The van der Waals surface area contributed by atoms with Crippen molar-refractivity contribution < 1.29 is 4.74 Å². The lowest BCUT2D eigenvalue weighted by molar-refractivity contribution is 0.0106. The van der Waals surface area contributed by atoms with E-state index in [1.54, 1.807) is 18.4 Å². The Morgan fingerprint density at radius 1 is 1.41 bits per heavy atom. The zero-order valence-corrected chi connectivity index (χ0v) is 15.0. The number of methoxy groups -OCH3 is 1. The second kappa shape index (κ2) is 7.95. The third kappa shape index (κ3) is 3.58. The molecule has 1 aromatic heterocycles. The number of hydrogen-bond donors (Lipinski definition) is 1. The van der Waals surface area contributed by atoms with Gasteiger partial charge in [-0.1, -0.05) is 29.8 Å². The summed E-state index contributed by atoms with van der Waals surface area (Å²) >= 11 is 8.34. The third-order valence-corrected chi connectivity index (χ3v) is 6.04. The maximum atomic E-state index is 6.55. The number of nitrogens with two attached hydrogens (primary N) is 1. The van der Waals surface area contributed by atoms with Gasteiger partial charge >= 0.3 is 0 Å². The molecule has 1 aliphatic heterocycles. The Morgan fingerprint density at radius 2 is 2.18 bits per heavy atom. The van der Waals surface area contributed by atoms with E-state index >= 15 is 0 Å². The summed E-state index contributed by atoms with van der Waals surface area (Å²) in [5.74, 6) is 0. The molecule has 1 aromatic carbocycles. The van der Waals surface area contributed by atoms with Gasteiger partial charge in [0.1, 0.15) is 0 Å². The molecule has 22 heavy (non-hydrogen) atoms. The Labute approximate surface area is 146 Å². The van der Waals surface area contributed by atoms with Crippen LogP contribution in [0.4, 0.5) is 0 Å². The first-order valence-electron chi connectivity index (χ1n) is 7.35. The summed E-state index contributed by atoms with van der Waals surface area (Å²) in [7, 11) is 1.79. The summed E-state index contributed by atoms with van der Waals surface area (Å²) in [6.45, 7) is 2.57. The number of nitrogens with zero attached hydrogens (tertiary/aromatic N) is 1. The number of fused-ring (bicyclic) bond motifs is 1. The van der Waals surface area contributed by atoms with Crippen LogP contribution in [0.3, 0.4) is 0 Å². The lowest BCUT2D eigenvalue weighted by Crippen LogP contribution is -2.47. The molecule has 122 valence electrons. The molecule has 2 N–H and O–H groups in total. The molecule has 0 saturated carbocycles. The van der Waals surface area contributed by atoms with Gasteiger partial charge in [-0.05, 0) is 18.9 Å². The van der Waals surface area contributed by atoms with Crippen LogP contribution >= 0.6 is 35.3 Å². The monoisotopic (exact) mass is 360 g/mol. The van der Waals surface area contributed by atoms with Gasteiger partial charge in [-0.25, -0.2) is 0 Å². The van der Waals surface area contributed by atoms with E-state index in [-0.39, 0.29) is 12.4 Å². The molecule has 2 aromatic rings. The summed E-state index contributed by atoms with van der Waals surface area (Å²) in [6, 6.07) is 8.70. The number of likely N-dealkylation sites (tertiary alicyclic amines) is 1. The fraction of sp³-hybridized carbons (Fsp3) is 0.500. The molecule has 0 radical (unpaired) electrons. The Bertz CT molecular complexity index is 619. The lowest BCUT2D eigenvalue weighted by atomic mass is 9.99. The van der Waals surface area contributed by atoms with E-state index < -0.39 is 0 Å². The molecule has 0 amide bonds. The molecule has 2 unspecified atom stereocenters. The first-order chi connectivity index (χ1) is 10.2. The van der Waals surface area contributed by atoms with Crippen LogP contribution in [0.25, 0.3) is 10.1 Å². The van der Waals surface area contributed by atoms with Crippen molar-refractivity contribution >= 4 is 45.4 Å². The van der Waals surface area contributed by atoms with Crippen molar-refractivity contribution in [3.05, 3.63) is 34.2 Å². The predicted octanol–water partition coefficient (Wildman–Crippen LogP) is 3.91. The maximum Gasteiger partial charge on any atom is 0.0637 e. The van der Waals surface area contributed by atoms with Gasteiger partial charge in [-0.15, -0.1) is 23.7 Å². The molecule has 1 fully saturated rings. The lowest BCUT2D eigenvalue weighted by Gasteiger charge is -2.38. The van der Waals surface area contributed by atoms with Crippen molar-refractivity contribution in [2.75, 3.05) is 20.2 Å². The standard InChI is InChI=1S/C16H21ClN2OS.ClH/c1-20-12-6-7-19(11(8-12)9-18)10-15-16(17)13-4-2-3-5-14(13)21-15;/h2-5,11-12H,6-10,18H2,1H3;1H. The van der Waals surface area contributed by atoms with Gasteiger partial charge in [0.2, 0.25) is 0 Å². The molecule has 2 heterocycles. The minimum Gasteiger partial charge on any atom is -0.381 e. The van der Waals surface area contributed by atoms with Crippen molar-refractivity contribution in [3.63, 3.8) is 0 Å². The maximum absolute atomic E-state index is 6.55. The smallest absolute Gasteiger partial charge is 0.0637 e. The number of piperidine rings is 1. The molecular weight excluding hydrogens is 339 g/mol. The normalized spacial score (nSPS) is 22.7. The predicted molar refractivity (Wildman–Crippen MR) is 97.4 cm³/mol. The van der Waals surface area contributed by atoms with Crippen LogP contribution in [0.5, 0.6) is 0 Å². The highest BCUT2D eigenvalue weighted by Gasteiger charge is 2.28. The summed E-state index contributed by atoms with van der Waals surface area (Å²) < 4.78 is 6.75. The number of ether oxygens (including phenoxy) is 1. The molecule has 6 heteroatoms. The second-order valence-corrected chi connectivity index (χ2v) is 7.09. The minimum atomic E-state index is 0. The van der Waals surface area contributed by atoms with Crippen LogP contribution in [-0.4, -0.2) is 37.2 Å². The average Bonchev–Trinajstić information content (AvgIpc) is 2.84. The Hall–Kier alpha value is -0.360. The molecule has 0 bridgehead atoms. The van der Waals surface area contributed by atoms with E-state index in [0.717, 1.165) is 36.3 Å². The number of benzene rings is 1. The minimum absolute atomic E-state index is 0. The first kappa shape index (κ1) is 18.0. The summed E-state index contributed by atoms with van der Waals surface area (Å²) in [5, 5.41) is 2.07. The zero-order chi connectivity index (χ0) is 14.8. The SMILES string of the molecule is COC1CCN(Cc2sc3ccccc3c2Cl)C(CN)C1.Cl. The fourth-order valence-corrected chi connectivity index (χ4v) is 4.60.